The lowest BCUT2D eigenvalue weighted by Crippen LogP contribution is -2.56. The van der Waals surface area contributed by atoms with Crippen molar-refractivity contribution in [3.8, 4) is 0 Å². The van der Waals surface area contributed by atoms with Crippen LogP contribution < -0.4 is 11.1 Å². The molecular formula is C10H20N2O2S. The van der Waals surface area contributed by atoms with Gasteiger partial charge < -0.3 is 15.8 Å². The Morgan fingerprint density at radius 2 is 2.47 bits per heavy atom. The van der Waals surface area contributed by atoms with Crippen LogP contribution in [-0.4, -0.2) is 42.7 Å². The first kappa shape index (κ1) is 12.8. The molecule has 3 N–H and O–H groups in total. The molecule has 0 spiro atoms. The van der Waals surface area contributed by atoms with Gasteiger partial charge in [-0.2, -0.15) is 11.8 Å². The van der Waals surface area contributed by atoms with E-state index in [1.54, 1.807) is 11.8 Å². The first-order valence-electron chi connectivity index (χ1n) is 5.25. The normalized spacial score (nSPS) is 27.7. The van der Waals surface area contributed by atoms with Gasteiger partial charge in [0.05, 0.1) is 6.61 Å². The van der Waals surface area contributed by atoms with Crippen LogP contribution in [0.4, 0.5) is 0 Å². The van der Waals surface area contributed by atoms with E-state index in [9.17, 15) is 4.79 Å². The van der Waals surface area contributed by atoms with Crippen molar-refractivity contribution >= 4 is 17.7 Å². The lowest BCUT2D eigenvalue weighted by molar-refractivity contribution is -0.127. The van der Waals surface area contributed by atoms with E-state index in [1.165, 1.54) is 0 Å². The Morgan fingerprint density at radius 1 is 1.73 bits per heavy atom. The highest BCUT2D eigenvalue weighted by Gasteiger charge is 2.38. The first-order chi connectivity index (χ1) is 7.08. The van der Waals surface area contributed by atoms with Gasteiger partial charge in [-0.1, -0.05) is 0 Å². The lowest BCUT2D eigenvalue weighted by Gasteiger charge is -2.23. The van der Waals surface area contributed by atoms with Gasteiger partial charge in [-0.3, -0.25) is 4.79 Å². The van der Waals surface area contributed by atoms with Crippen molar-refractivity contribution in [1.82, 2.24) is 5.32 Å². The molecule has 2 atom stereocenters. The zero-order valence-corrected chi connectivity index (χ0v) is 10.2. The fourth-order valence-electron chi connectivity index (χ4n) is 1.49. The van der Waals surface area contributed by atoms with E-state index in [0.29, 0.717) is 19.6 Å². The number of amides is 1. The summed E-state index contributed by atoms with van der Waals surface area (Å²) in [5.74, 6) is 0.976. The number of nitrogens with two attached hydrogens (primary N) is 1. The highest BCUT2D eigenvalue weighted by Crippen LogP contribution is 2.15. The smallest absolute Gasteiger partial charge is 0.242 e. The Hall–Kier alpha value is -0.260. The maximum Gasteiger partial charge on any atom is 0.242 e. The van der Waals surface area contributed by atoms with E-state index in [1.807, 2.05) is 6.92 Å². The van der Waals surface area contributed by atoms with Crippen LogP contribution in [0.15, 0.2) is 0 Å². The molecule has 0 bridgehead atoms. The van der Waals surface area contributed by atoms with E-state index in [0.717, 1.165) is 12.2 Å². The van der Waals surface area contributed by atoms with Crippen molar-refractivity contribution in [2.75, 3.05) is 25.2 Å². The van der Waals surface area contributed by atoms with Crippen LogP contribution in [0.25, 0.3) is 0 Å². The largest absolute Gasteiger partial charge is 0.379 e. The summed E-state index contributed by atoms with van der Waals surface area (Å²) in [5.41, 5.74) is 5.14. The van der Waals surface area contributed by atoms with Crippen molar-refractivity contribution in [1.29, 1.82) is 0 Å². The highest BCUT2D eigenvalue weighted by molar-refractivity contribution is 7.98. The lowest BCUT2D eigenvalue weighted by atomic mass is 9.99. The Morgan fingerprint density at radius 3 is 3.00 bits per heavy atom. The van der Waals surface area contributed by atoms with Gasteiger partial charge in [0, 0.05) is 12.6 Å². The molecule has 1 heterocycles. The van der Waals surface area contributed by atoms with Crippen molar-refractivity contribution in [2.24, 2.45) is 5.73 Å². The van der Waals surface area contributed by atoms with Crippen LogP contribution in [-0.2, 0) is 9.53 Å². The minimum Gasteiger partial charge on any atom is -0.379 e. The van der Waals surface area contributed by atoms with Crippen LogP contribution in [0.1, 0.15) is 19.8 Å². The van der Waals surface area contributed by atoms with Crippen LogP contribution in [0, 0.1) is 0 Å². The quantitative estimate of drug-likeness (QED) is 0.718. The predicted molar refractivity (Wildman–Crippen MR) is 63.0 cm³/mol. The third-order valence-electron chi connectivity index (χ3n) is 2.64. The molecule has 1 amide bonds. The molecule has 4 nitrogen and oxygen atoms in total. The summed E-state index contributed by atoms with van der Waals surface area (Å²) < 4.78 is 5.15. The van der Waals surface area contributed by atoms with Gasteiger partial charge in [0.25, 0.3) is 0 Å². The van der Waals surface area contributed by atoms with E-state index in [4.69, 9.17) is 10.5 Å². The van der Waals surface area contributed by atoms with E-state index < -0.39 is 5.54 Å². The zero-order chi connectivity index (χ0) is 11.3. The van der Waals surface area contributed by atoms with E-state index in [-0.39, 0.29) is 11.9 Å². The summed E-state index contributed by atoms with van der Waals surface area (Å²) in [6.07, 6.45) is 3.65. The summed E-state index contributed by atoms with van der Waals surface area (Å²) in [5, 5.41) is 2.94. The van der Waals surface area contributed by atoms with E-state index >= 15 is 0 Å². The van der Waals surface area contributed by atoms with Crippen molar-refractivity contribution in [3.05, 3.63) is 0 Å². The molecule has 1 saturated heterocycles. The number of hydrogen-bond donors (Lipinski definition) is 2. The number of ether oxygens (including phenoxy) is 1. The molecular weight excluding hydrogens is 212 g/mol. The molecule has 0 aliphatic carbocycles. The van der Waals surface area contributed by atoms with Gasteiger partial charge in [-0.15, -0.1) is 0 Å². The molecule has 1 aliphatic rings. The molecule has 0 aromatic carbocycles. The number of hydrogen-bond acceptors (Lipinski definition) is 4. The predicted octanol–water partition coefficient (Wildman–Crippen LogP) is 0.362. The number of carbonyl (C=O) groups is 1. The molecule has 2 unspecified atom stereocenters. The average Bonchev–Trinajstić information content (AvgIpc) is 2.63. The Balaban J connectivity index is 2.34. The van der Waals surface area contributed by atoms with Crippen LogP contribution >= 0.6 is 11.8 Å². The zero-order valence-electron chi connectivity index (χ0n) is 9.41. The van der Waals surface area contributed by atoms with Crippen molar-refractivity contribution in [3.63, 3.8) is 0 Å². The summed E-state index contributed by atoms with van der Waals surface area (Å²) in [6, 6.07) is 0.186. The van der Waals surface area contributed by atoms with Crippen LogP contribution in [0.5, 0.6) is 0 Å². The minimum atomic E-state index is -0.798. The fraction of sp³-hybridized carbons (Fsp3) is 0.900. The molecule has 88 valence electrons. The first-order valence-corrected chi connectivity index (χ1v) is 6.64. The van der Waals surface area contributed by atoms with Gasteiger partial charge in [0.15, 0.2) is 0 Å². The summed E-state index contributed by atoms with van der Waals surface area (Å²) in [7, 11) is 0. The molecule has 1 fully saturated rings. The second-order valence-electron chi connectivity index (χ2n) is 4.11. The number of rotatable bonds is 5. The van der Waals surface area contributed by atoms with Gasteiger partial charge in [0.1, 0.15) is 5.54 Å². The minimum absolute atomic E-state index is 0.0754. The molecule has 0 aromatic heterocycles. The SMILES string of the molecule is CSCCC(C)NC(=O)C1(N)CCOC1. The Bertz CT molecular complexity index is 217. The van der Waals surface area contributed by atoms with Crippen molar-refractivity contribution in [2.45, 2.75) is 31.3 Å². The molecule has 0 saturated carbocycles. The topological polar surface area (TPSA) is 64.4 Å². The molecule has 1 rings (SSSR count). The Kier molecular flexibility index (Phi) is 4.89. The second-order valence-corrected chi connectivity index (χ2v) is 5.10. The monoisotopic (exact) mass is 232 g/mol. The van der Waals surface area contributed by atoms with Gasteiger partial charge in [0.2, 0.25) is 5.91 Å². The molecule has 15 heavy (non-hydrogen) atoms. The van der Waals surface area contributed by atoms with E-state index in [2.05, 4.69) is 11.6 Å². The number of thioether (sulfide) groups is 1. The summed E-state index contributed by atoms with van der Waals surface area (Å²) in [6.45, 7) is 2.94. The maximum atomic E-state index is 11.8. The van der Waals surface area contributed by atoms with Crippen LogP contribution in [0.3, 0.4) is 0 Å². The highest BCUT2D eigenvalue weighted by atomic mass is 32.2. The molecule has 0 radical (unpaired) electrons. The van der Waals surface area contributed by atoms with Gasteiger partial charge >= 0.3 is 0 Å². The standard InChI is InChI=1S/C10H20N2O2S/c1-8(3-6-15-2)12-9(13)10(11)4-5-14-7-10/h8H,3-7,11H2,1-2H3,(H,12,13). The number of nitrogens with one attached hydrogen (secondary N) is 1. The second kappa shape index (κ2) is 5.72. The third-order valence-corrected chi connectivity index (χ3v) is 3.28. The third kappa shape index (κ3) is 3.66. The number of carbonyl (C=O) groups excluding carboxylic acids is 1. The summed E-state index contributed by atoms with van der Waals surface area (Å²) >= 11 is 1.78. The molecule has 1 aliphatic heterocycles. The fourth-order valence-corrected chi connectivity index (χ4v) is 2.08. The van der Waals surface area contributed by atoms with Gasteiger partial charge in [-0.05, 0) is 31.8 Å². The van der Waals surface area contributed by atoms with Crippen molar-refractivity contribution < 1.29 is 9.53 Å². The summed E-state index contributed by atoms with van der Waals surface area (Å²) in [4.78, 5) is 11.8. The Labute approximate surface area is 95.3 Å². The maximum absolute atomic E-state index is 11.8. The molecule has 0 aromatic rings. The van der Waals surface area contributed by atoms with Gasteiger partial charge in [-0.25, -0.2) is 0 Å². The average molecular weight is 232 g/mol. The van der Waals surface area contributed by atoms with Crippen LogP contribution in [0.2, 0.25) is 0 Å². The molecule has 5 heteroatoms.